The van der Waals surface area contributed by atoms with Gasteiger partial charge in [-0.05, 0) is 38.1 Å². The van der Waals surface area contributed by atoms with Crippen molar-refractivity contribution < 1.29 is 4.74 Å². The third-order valence-electron chi connectivity index (χ3n) is 4.67. The van der Waals surface area contributed by atoms with Crippen LogP contribution >= 0.6 is 0 Å². The van der Waals surface area contributed by atoms with E-state index in [-0.39, 0.29) is 0 Å². The number of piperazine rings is 1. The molecule has 1 aromatic carbocycles. The zero-order valence-electron chi connectivity index (χ0n) is 15.3. The number of aryl methyl sites for hydroxylation is 2. The SMILES string of the molecule is COc1ncnc2ccc(N3CCN(c4nc(C)cc(C)n4)CC3)cc12. The van der Waals surface area contributed by atoms with Gasteiger partial charge in [0.25, 0.3) is 0 Å². The molecule has 3 heterocycles. The highest BCUT2D eigenvalue weighted by Crippen LogP contribution is 2.27. The Bertz CT molecular complexity index is 916. The van der Waals surface area contributed by atoms with Crippen LogP contribution in [-0.4, -0.2) is 53.2 Å². The van der Waals surface area contributed by atoms with E-state index < -0.39 is 0 Å². The van der Waals surface area contributed by atoms with Crippen LogP contribution in [0.2, 0.25) is 0 Å². The summed E-state index contributed by atoms with van der Waals surface area (Å²) in [6, 6.07) is 8.24. The molecule has 26 heavy (non-hydrogen) atoms. The Morgan fingerprint density at radius 2 is 1.58 bits per heavy atom. The van der Waals surface area contributed by atoms with Gasteiger partial charge < -0.3 is 14.5 Å². The van der Waals surface area contributed by atoms with Crippen LogP contribution < -0.4 is 14.5 Å². The summed E-state index contributed by atoms with van der Waals surface area (Å²) in [7, 11) is 1.64. The molecule has 0 amide bonds. The van der Waals surface area contributed by atoms with E-state index in [1.807, 2.05) is 26.0 Å². The van der Waals surface area contributed by atoms with Gasteiger partial charge in [0.1, 0.15) is 6.33 Å². The minimum atomic E-state index is 0.610. The van der Waals surface area contributed by atoms with Gasteiger partial charge in [-0.25, -0.2) is 19.9 Å². The Balaban J connectivity index is 1.53. The number of methoxy groups -OCH3 is 1. The lowest BCUT2D eigenvalue weighted by atomic mass is 10.2. The largest absolute Gasteiger partial charge is 0.480 e. The first-order valence-corrected chi connectivity index (χ1v) is 8.75. The number of nitrogens with zero attached hydrogens (tertiary/aromatic N) is 6. The quantitative estimate of drug-likeness (QED) is 0.718. The lowest BCUT2D eigenvalue weighted by Crippen LogP contribution is -2.47. The summed E-state index contributed by atoms with van der Waals surface area (Å²) in [4.78, 5) is 22.3. The van der Waals surface area contributed by atoms with Gasteiger partial charge in [-0.15, -0.1) is 0 Å². The molecule has 7 heteroatoms. The first-order chi connectivity index (χ1) is 12.6. The van der Waals surface area contributed by atoms with Gasteiger partial charge in [0, 0.05) is 43.3 Å². The summed E-state index contributed by atoms with van der Waals surface area (Å²) in [5, 5.41) is 0.938. The van der Waals surface area contributed by atoms with Gasteiger partial charge in [-0.1, -0.05) is 0 Å². The van der Waals surface area contributed by atoms with E-state index in [1.165, 1.54) is 6.33 Å². The summed E-state index contributed by atoms with van der Waals surface area (Å²) in [5.41, 5.74) is 4.07. The van der Waals surface area contributed by atoms with Crippen molar-refractivity contribution in [3.05, 3.63) is 42.0 Å². The van der Waals surface area contributed by atoms with E-state index in [2.05, 4.69) is 41.9 Å². The summed E-state index contributed by atoms with van der Waals surface area (Å²) in [6.07, 6.45) is 1.53. The van der Waals surface area contributed by atoms with Crippen LogP contribution in [-0.2, 0) is 0 Å². The van der Waals surface area contributed by atoms with Crippen molar-refractivity contribution in [2.45, 2.75) is 13.8 Å². The molecule has 2 aromatic heterocycles. The highest BCUT2D eigenvalue weighted by molar-refractivity contribution is 5.86. The van der Waals surface area contributed by atoms with Crippen molar-refractivity contribution in [3.8, 4) is 5.88 Å². The van der Waals surface area contributed by atoms with Crippen LogP contribution in [0, 0.1) is 13.8 Å². The molecule has 134 valence electrons. The highest BCUT2D eigenvalue weighted by Gasteiger charge is 2.20. The topological polar surface area (TPSA) is 67.3 Å². The highest BCUT2D eigenvalue weighted by atomic mass is 16.5. The van der Waals surface area contributed by atoms with Crippen LogP contribution in [0.3, 0.4) is 0 Å². The molecule has 0 saturated carbocycles. The normalized spacial score (nSPS) is 14.7. The fraction of sp³-hybridized carbons (Fsp3) is 0.368. The molecule has 1 aliphatic heterocycles. The van der Waals surface area contributed by atoms with Gasteiger partial charge in [0.05, 0.1) is 18.0 Å². The van der Waals surface area contributed by atoms with Crippen molar-refractivity contribution in [1.29, 1.82) is 0 Å². The molecular formula is C19H22N6O. The summed E-state index contributed by atoms with van der Waals surface area (Å²) in [5.74, 6) is 1.44. The van der Waals surface area contributed by atoms with Crippen molar-refractivity contribution in [2.75, 3.05) is 43.1 Å². The first-order valence-electron chi connectivity index (χ1n) is 8.75. The molecule has 1 aliphatic rings. The number of benzene rings is 1. The lowest BCUT2D eigenvalue weighted by Gasteiger charge is -2.36. The fourth-order valence-electron chi connectivity index (χ4n) is 3.39. The second-order valence-corrected chi connectivity index (χ2v) is 6.51. The maximum absolute atomic E-state index is 5.37. The zero-order chi connectivity index (χ0) is 18.1. The molecule has 0 atom stereocenters. The molecule has 0 N–H and O–H groups in total. The molecule has 0 unspecified atom stereocenters. The Labute approximate surface area is 152 Å². The summed E-state index contributed by atoms with van der Waals surface area (Å²) >= 11 is 0. The minimum absolute atomic E-state index is 0.610. The standard InChI is InChI=1S/C19H22N6O/c1-13-10-14(2)23-19(22-13)25-8-6-24(7-9-25)15-4-5-17-16(11-15)18(26-3)21-12-20-17/h4-5,10-12H,6-9H2,1-3H3. The Morgan fingerprint density at radius 1 is 0.885 bits per heavy atom. The molecule has 4 rings (SSSR count). The van der Waals surface area contributed by atoms with E-state index in [1.54, 1.807) is 7.11 Å². The van der Waals surface area contributed by atoms with E-state index in [0.29, 0.717) is 5.88 Å². The van der Waals surface area contributed by atoms with Gasteiger partial charge in [-0.2, -0.15) is 0 Å². The molecule has 0 bridgehead atoms. The second kappa shape index (κ2) is 6.74. The van der Waals surface area contributed by atoms with Crippen LogP contribution in [0.25, 0.3) is 10.9 Å². The molecule has 1 saturated heterocycles. The fourth-order valence-corrected chi connectivity index (χ4v) is 3.39. The number of fused-ring (bicyclic) bond motifs is 1. The molecule has 3 aromatic rings. The maximum atomic E-state index is 5.37. The van der Waals surface area contributed by atoms with Gasteiger partial charge in [0.15, 0.2) is 0 Å². The number of hydrogen-bond acceptors (Lipinski definition) is 7. The molecule has 0 aliphatic carbocycles. The van der Waals surface area contributed by atoms with Crippen LogP contribution in [0.1, 0.15) is 11.4 Å². The first kappa shape index (κ1) is 16.5. The number of rotatable bonds is 3. The number of anilines is 2. The van der Waals surface area contributed by atoms with Crippen molar-refractivity contribution in [1.82, 2.24) is 19.9 Å². The zero-order valence-corrected chi connectivity index (χ0v) is 15.3. The lowest BCUT2D eigenvalue weighted by molar-refractivity contribution is 0.402. The predicted octanol–water partition coefficient (Wildman–Crippen LogP) is 2.37. The van der Waals surface area contributed by atoms with Crippen molar-refractivity contribution >= 4 is 22.5 Å². The van der Waals surface area contributed by atoms with Crippen LogP contribution in [0.15, 0.2) is 30.6 Å². The van der Waals surface area contributed by atoms with E-state index in [4.69, 9.17) is 4.74 Å². The minimum Gasteiger partial charge on any atom is -0.480 e. The number of hydrogen-bond donors (Lipinski definition) is 0. The third kappa shape index (κ3) is 3.12. The number of ether oxygens (including phenoxy) is 1. The smallest absolute Gasteiger partial charge is 0.225 e. The van der Waals surface area contributed by atoms with Crippen LogP contribution in [0.4, 0.5) is 11.6 Å². The van der Waals surface area contributed by atoms with Gasteiger partial charge in [0.2, 0.25) is 11.8 Å². The maximum Gasteiger partial charge on any atom is 0.225 e. The van der Waals surface area contributed by atoms with Gasteiger partial charge >= 0.3 is 0 Å². The average molecular weight is 350 g/mol. The summed E-state index contributed by atoms with van der Waals surface area (Å²) < 4.78 is 5.37. The van der Waals surface area contributed by atoms with Crippen LogP contribution in [0.5, 0.6) is 5.88 Å². The third-order valence-corrected chi connectivity index (χ3v) is 4.67. The van der Waals surface area contributed by atoms with E-state index in [9.17, 15) is 0 Å². The van der Waals surface area contributed by atoms with E-state index >= 15 is 0 Å². The molecular weight excluding hydrogens is 328 g/mol. The summed E-state index contributed by atoms with van der Waals surface area (Å²) in [6.45, 7) is 7.64. The average Bonchev–Trinajstić information content (AvgIpc) is 2.66. The van der Waals surface area contributed by atoms with Gasteiger partial charge in [-0.3, -0.25) is 0 Å². The molecule has 7 nitrogen and oxygen atoms in total. The second-order valence-electron chi connectivity index (χ2n) is 6.51. The molecule has 0 radical (unpaired) electrons. The number of aromatic nitrogens is 4. The Morgan fingerprint density at radius 3 is 2.27 bits per heavy atom. The predicted molar refractivity (Wildman–Crippen MR) is 102 cm³/mol. The molecule has 1 fully saturated rings. The Hall–Kier alpha value is -2.96. The Kier molecular flexibility index (Phi) is 4.28. The van der Waals surface area contributed by atoms with Crippen molar-refractivity contribution in [2.24, 2.45) is 0 Å². The monoisotopic (exact) mass is 350 g/mol. The molecule has 0 spiro atoms. The van der Waals surface area contributed by atoms with Crippen molar-refractivity contribution in [3.63, 3.8) is 0 Å². The van der Waals surface area contributed by atoms with E-state index in [0.717, 1.165) is 60.1 Å².